The number of aromatic amines is 1. The quantitative estimate of drug-likeness (QED) is 0.200. The van der Waals surface area contributed by atoms with Crippen molar-refractivity contribution in [3.63, 3.8) is 0 Å². The third-order valence-corrected chi connectivity index (χ3v) is 10.5. The zero-order valence-electron chi connectivity index (χ0n) is 28.2. The normalized spacial score (nSPS) is 19.0. The Morgan fingerprint density at radius 1 is 1.02 bits per heavy atom. The first-order valence-electron chi connectivity index (χ1n) is 16.8. The van der Waals surface area contributed by atoms with Crippen molar-refractivity contribution < 1.29 is 4.79 Å². The number of amides is 1. The first-order chi connectivity index (χ1) is 21.4. The zero-order valence-corrected chi connectivity index (χ0v) is 28.2. The van der Waals surface area contributed by atoms with Crippen molar-refractivity contribution in [1.29, 1.82) is 0 Å². The maximum atomic E-state index is 14.1. The Morgan fingerprint density at radius 2 is 1.73 bits per heavy atom. The summed E-state index contributed by atoms with van der Waals surface area (Å²) in [6.07, 6.45) is 7.64. The number of hydrogen-bond acceptors (Lipinski definition) is 3. The van der Waals surface area contributed by atoms with E-state index in [1.807, 2.05) is 26.2 Å². The van der Waals surface area contributed by atoms with E-state index in [1.54, 1.807) is 4.57 Å². The van der Waals surface area contributed by atoms with Crippen LogP contribution in [-0.4, -0.2) is 46.0 Å². The summed E-state index contributed by atoms with van der Waals surface area (Å²) in [6, 6.07) is 15.8. The fourth-order valence-corrected chi connectivity index (χ4v) is 8.01. The summed E-state index contributed by atoms with van der Waals surface area (Å²) in [5.41, 5.74) is 9.74. The maximum Gasteiger partial charge on any atom is 0.253 e. The predicted molar refractivity (Wildman–Crippen MR) is 185 cm³/mol. The number of aromatic nitrogens is 2. The number of H-pyrrole nitrogens is 1. The minimum Gasteiger partial charge on any atom is -0.354 e. The number of nitrogens with one attached hydrogen (secondary N) is 2. The van der Waals surface area contributed by atoms with Crippen LogP contribution in [0.1, 0.15) is 85.8 Å². The van der Waals surface area contributed by atoms with Gasteiger partial charge in [0.1, 0.15) is 0 Å². The molecule has 2 aromatic heterocycles. The minimum atomic E-state index is -0.601. The van der Waals surface area contributed by atoms with E-state index in [4.69, 9.17) is 0 Å². The molecule has 1 atom stereocenters. The Balaban J connectivity index is 1.31. The Labute approximate surface area is 268 Å². The molecule has 0 radical (unpaired) electrons. The van der Waals surface area contributed by atoms with Crippen molar-refractivity contribution in [3.05, 3.63) is 92.4 Å². The number of benzene rings is 2. The number of pyridine rings is 1. The van der Waals surface area contributed by atoms with Gasteiger partial charge in [0.2, 0.25) is 5.91 Å². The van der Waals surface area contributed by atoms with E-state index >= 15 is 0 Å². The smallest absolute Gasteiger partial charge is 0.253 e. The van der Waals surface area contributed by atoms with Crippen molar-refractivity contribution in [2.75, 3.05) is 19.6 Å². The summed E-state index contributed by atoms with van der Waals surface area (Å²) < 4.78 is 1.68. The second kappa shape index (κ2) is 12.3. The minimum absolute atomic E-state index is 0.0611. The Hall–Kier alpha value is -3.64. The maximum absolute atomic E-state index is 14.1. The van der Waals surface area contributed by atoms with Gasteiger partial charge in [0.25, 0.3) is 5.56 Å². The van der Waals surface area contributed by atoms with E-state index in [-0.39, 0.29) is 17.4 Å². The van der Waals surface area contributed by atoms with Gasteiger partial charge < -0.3 is 19.8 Å². The third kappa shape index (κ3) is 6.14. The largest absolute Gasteiger partial charge is 0.354 e. The van der Waals surface area contributed by atoms with Gasteiger partial charge in [-0.15, -0.1) is 0 Å². The first-order valence-corrected chi connectivity index (χ1v) is 16.8. The van der Waals surface area contributed by atoms with Crippen LogP contribution >= 0.6 is 0 Å². The fraction of sp³-hybridized carbons (Fsp3) is 0.487. The van der Waals surface area contributed by atoms with Crippen LogP contribution in [-0.2, 0) is 23.7 Å². The van der Waals surface area contributed by atoms with E-state index in [2.05, 4.69) is 86.2 Å². The molecule has 2 saturated heterocycles. The number of rotatable bonds is 9. The topological polar surface area (TPSA) is 70.1 Å². The Kier molecular flexibility index (Phi) is 8.55. The summed E-state index contributed by atoms with van der Waals surface area (Å²) >= 11 is 0. The highest BCUT2D eigenvalue weighted by molar-refractivity contribution is 5.94. The molecule has 3 fully saturated rings. The van der Waals surface area contributed by atoms with Crippen LogP contribution in [0.3, 0.4) is 0 Å². The SMILES string of the molecule is Cc1cc(C)cc(-c2[nH]c3ccc(C(C)(C)C(=O)N4CC5CCC4CC5)cc3c2[C@H](C)CNCCc2cc(C)c(=O)n(C)c2)c1. The van der Waals surface area contributed by atoms with Crippen molar-refractivity contribution >= 4 is 16.8 Å². The molecule has 1 aliphatic carbocycles. The standard InChI is InChI=1S/C39H50N4O2/c1-24-16-25(2)18-30(17-24)36-35(27(4)21-40-15-14-29-19-26(3)37(44)42(7)22-29)33-20-31(10-13-34(33)41-36)39(5,6)38(45)43-23-28-8-11-32(43)12-9-28/h10,13,16-20,22,27-28,32,40-41H,8-9,11-12,14-15,21,23H2,1-7H3/t27-,28?,32?/m1/s1. The molecule has 1 amide bonds. The molecule has 1 saturated carbocycles. The van der Waals surface area contributed by atoms with E-state index in [9.17, 15) is 9.59 Å². The van der Waals surface area contributed by atoms with E-state index in [1.165, 1.54) is 40.5 Å². The molecule has 2 bridgehead atoms. The second-order valence-corrected chi connectivity index (χ2v) is 14.6. The molecule has 3 aliphatic rings. The number of fused-ring (bicyclic) bond motifs is 4. The third-order valence-electron chi connectivity index (χ3n) is 10.5. The molecule has 7 rings (SSSR count). The molecule has 6 heteroatoms. The molecular weight excluding hydrogens is 556 g/mol. The average molecular weight is 607 g/mol. The van der Waals surface area contributed by atoms with Gasteiger partial charge in [-0.05, 0) is 138 Å². The van der Waals surface area contributed by atoms with Crippen LogP contribution in [0.2, 0.25) is 0 Å². The molecule has 2 aromatic carbocycles. The van der Waals surface area contributed by atoms with Crippen LogP contribution in [0, 0.1) is 26.7 Å². The Morgan fingerprint density at radius 3 is 2.38 bits per heavy atom. The molecule has 0 unspecified atom stereocenters. The first kappa shape index (κ1) is 31.3. The lowest BCUT2D eigenvalue weighted by atomic mass is 9.76. The van der Waals surface area contributed by atoms with E-state index in [0.29, 0.717) is 12.0 Å². The van der Waals surface area contributed by atoms with Gasteiger partial charge in [-0.1, -0.05) is 30.2 Å². The van der Waals surface area contributed by atoms with Gasteiger partial charge >= 0.3 is 0 Å². The summed E-state index contributed by atoms with van der Waals surface area (Å²) in [6.45, 7) is 15.3. The summed E-state index contributed by atoms with van der Waals surface area (Å²) in [5.74, 6) is 1.16. The Bertz CT molecular complexity index is 1740. The van der Waals surface area contributed by atoms with Gasteiger partial charge in [0.05, 0.1) is 11.1 Å². The van der Waals surface area contributed by atoms with Gasteiger partial charge in [-0.25, -0.2) is 0 Å². The average Bonchev–Trinajstić information content (AvgIpc) is 3.40. The molecule has 4 heterocycles. The monoisotopic (exact) mass is 606 g/mol. The van der Waals surface area contributed by atoms with Gasteiger partial charge in [0.15, 0.2) is 0 Å². The number of carbonyl (C=O) groups excluding carboxylic acids is 1. The molecule has 2 N–H and O–H groups in total. The molecule has 0 spiro atoms. The van der Waals surface area contributed by atoms with Gasteiger partial charge in [-0.2, -0.15) is 0 Å². The van der Waals surface area contributed by atoms with Crippen LogP contribution < -0.4 is 10.9 Å². The molecule has 6 nitrogen and oxygen atoms in total. The van der Waals surface area contributed by atoms with Crippen molar-refractivity contribution in [2.24, 2.45) is 13.0 Å². The zero-order chi connectivity index (χ0) is 32.0. The van der Waals surface area contributed by atoms with Gasteiger partial charge in [-0.3, -0.25) is 9.59 Å². The van der Waals surface area contributed by atoms with Crippen molar-refractivity contribution in [3.8, 4) is 11.3 Å². The van der Waals surface area contributed by atoms with Crippen LogP contribution in [0.25, 0.3) is 22.2 Å². The van der Waals surface area contributed by atoms with Crippen LogP contribution in [0.4, 0.5) is 0 Å². The summed E-state index contributed by atoms with van der Waals surface area (Å²) in [7, 11) is 1.82. The van der Waals surface area contributed by atoms with Gasteiger partial charge in [0, 0.05) is 48.8 Å². The molecule has 45 heavy (non-hydrogen) atoms. The lowest BCUT2D eigenvalue weighted by molar-refractivity contribution is -0.144. The van der Waals surface area contributed by atoms with Crippen molar-refractivity contribution in [1.82, 2.24) is 19.8 Å². The van der Waals surface area contributed by atoms with Crippen molar-refractivity contribution in [2.45, 2.75) is 91.0 Å². The number of piperidine rings is 2. The number of nitrogens with zero attached hydrogens (tertiary/aromatic N) is 2. The lowest BCUT2D eigenvalue weighted by Gasteiger charge is -2.47. The lowest BCUT2D eigenvalue weighted by Crippen LogP contribution is -2.55. The van der Waals surface area contributed by atoms with Crippen LogP contribution in [0.15, 0.2) is 53.5 Å². The second-order valence-electron chi connectivity index (χ2n) is 14.6. The number of carbonyl (C=O) groups is 1. The van der Waals surface area contributed by atoms with E-state index in [0.717, 1.165) is 66.8 Å². The summed E-state index contributed by atoms with van der Waals surface area (Å²) in [5, 5.41) is 4.90. The van der Waals surface area contributed by atoms with E-state index < -0.39 is 5.41 Å². The highest BCUT2D eigenvalue weighted by Gasteiger charge is 2.42. The predicted octanol–water partition coefficient (Wildman–Crippen LogP) is 7.07. The molecular formula is C39H50N4O2. The number of aryl methyl sites for hydroxylation is 4. The fourth-order valence-electron chi connectivity index (χ4n) is 8.01. The highest BCUT2D eigenvalue weighted by Crippen LogP contribution is 2.41. The highest BCUT2D eigenvalue weighted by atomic mass is 16.2. The van der Waals surface area contributed by atoms with Crippen LogP contribution in [0.5, 0.6) is 0 Å². The number of hydrogen-bond donors (Lipinski definition) is 2. The molecule has 4 aromatic rings. The molecule has 2 aliphatic heterocycles. The molecule has 238 valence electrons. The summed E-state index contributed by atoms with van der Waals surface area (Å²) in [4.78, 5) is 32.2.